The first kappa shape index (κ1) is 16.9. The fourth-order valence-electron chi connectivity index (χ4n) is 1.67. The monoisotopic (exact) mass is 309 g/mol. The van der Waals surface area contributed by atoms with Crippen LogP contribution in [-0.2, 0) is 9.59 Å². The number of carbonyl (C=O) groups excluding carboxylic acids is 2. The number of amides is 2. The third kappa shape index (κ3) is 5.39. The summed E-state index contributed by atoms with van der Waals surface area (Å²) in [5, 5.41) is 0. The first-order valence-corrected chi connectivity index (χ1v) is 6.82. The van der Waals surface area contributed by atoms with Gasteiger partial charge in [0.1, 0.15) is 10.7 Å². The third-order valence-electron chi connectivity index (χ3n) is 2.77. The lowest BCUT2D eigenvalue weighted by Gasteiger charge is -2.25. The molecule has 0 fully saturated rings. The van der Waals surface area contributed by atoms with E-state index in [0.29, 0.717) is 10.7 Å². The summed E-state index contributed by atoms with van der Waals surface area (Å²) in [5.74, 6) is -0.341. The molecule has 0 atom stereocenters. The van der Waals surface area contributed by atoms with Crippen molar-refractivity contribution in [1.29, 1.82) is 0 Å². The molecule has 0 aromatic heterocycles. The van der Waals surface area contributed by atoms with E-state index in [2.05, 4.69) is 0 Å². The van der Waals surface area contributed by atoms with Crippen LogP contribution in [0.1, 0.15) is 19.4 Å². The van der Waals surface area contributed by atoms with Crippen molar-refractivity contribution >= 4 is 29.0 Å². The zero-order chi connectivity index (χ0) is 16.0. The molecule has 0 spiro atoms. The van der Waals surface area contributed by atoms with Crippen LogP contribution in [0.3, 0.4) is 0 Å². The van der Waals surface area contributed by atoms with E-state index in [1.54, 1.807) is 38.1 Å². The number of benzene rings is 1. The van der Waals surface area contributed by atoms with Crippen LogP contribution >= 0.6 is 12.2 Å². The Labute approximate surface area is 129 Å². The highest BCUT2D eigenvalue weighted by Gasteiger charge is 2.19. The van der Waals surface area contributed by atoms with Crippen LogP contribution in [-0.4, -0.2) is 40.9 Å². The number of nitrogens with two attached hydrogens (primary N) is 2. The zero-order valence-electron chi connectivity index (χ0n) is 12.0. The summed E-state index contributed by atoms with van der Waals surface area (Å²) in [4.78, 5) is 24.6. The van der Waals surface area contributed by atoms with E-state index < -0.39 is 5.91 Å². The van der Waals surface area contributed by atoms with Crippen molar-refractivity contribution in [3.05, 3.63) is 29.8 Å². The fraction of sp³-hybridized carbons (Fsp3) is 0.357. The minimum Gasteiger partial charge on any atom is -0.484 e. The Morgan fingerprint density at radius 3 is 2.24 bits per heavy atom. The van der Waals surface area contributed by atoms with Gasteiger partial charge in [-0.05, 0) is 38.1 Å². The molecule has 21 heavy (non-hydrogen) atoms. The quantitative estimate of drug-likeness (QED) is 0.711. The van der Waals surface area contributed by atoms with Gasteiger partial charge >= 0.3 is 0 Å². The van der Waals surface area contributed by atoms with E-state index in [4.69, 9.17) is 28.4 Å². The van der Waals surface area contributed by atoms with Crippen molar-refractivity contribution in [2.75, 3.05) is 13.2 Å². The highest BCUT2D eigenvalue weighted by Crippen LogP contribution is 2.12. The van der Waals surface area contributed by atoms with E-state index in [0.717, 1.165) is 5.56 Å². The Morgan fingerprint density at radius 2 is 1.81 bits per heavy atom. The average Bonchev–Trinajstić information content (AvgIpc) is 2.42. The summed E-state index contributed by atoms with van der Waals surface area (Å²) < 4.78 is 5.39. The van der Waals surface area contributed by atoms with Crippen LogP contribution < -0.4 is 16.2 Å². The van der Waals surface area contributed by atoms with E-state index in [1.165, 1.54) is 4.90 Å². The molecule has 0 heterocycles. The molecular formula is C14H19N3O3S. The first-order chi connectivity index (χ1) is 9.81. The molecule has 1 aromatic carbocycles. The van der Waals surface area contributed by atoms with Gasteiger partial charge < -0.3 is 21.1 Å². The molecule has 114 valence electrons. The second-order valence-electron chi connectivity index (χ2n) is 4.76. The van der Waals surface area contributed by atoms with Crippen molar-refractivity contribution in [1.82, 2.24) is 4.90 Å². The normalized spacial score (nSPS) is 10.2. The van der Waals surface area contributed by atoms with E-state index in [1.807, 2.05) is 0 Å². The molecule has 1 aromatic rings. The van der Waals surface area contributed by atoms with Crippen LogP contribution in [0.5, 0.6) is 5.75 Å². The fourth-order valence-corrected chi connectivity index (χ4v) is 1.81. The summed E-state index contributed by atoms with van der Waals surface area (Å²) in [6, 6.07) is 6.65. The van der Waals surface area contributed by atoms with Crippen LogP contribution in [0.2, 0.25) is 0 Å². The van der Waals surface area contributed by atoms with Crippen molar-refractivity contribution in [2.45, 2.75) is 19.9 Å². The van der Waals surface area contributed by atoms with E-state index in [9.17, 15) is 9.59 Å². The number of hydrogen-bond donors (Lipinski definition) is 2. The third-order valence-corrected chi connectivity index (χ3v) is 3.01. The van der Waals surface area contributed by atoms with Crippen LogP contribution in [0, 0.1) is 0 Å². The van der Waals surface area contributed by atoms with Gasteiger partial charge in [-0.3, -0.25) is 9.59 Å². The minimum absolute atomic E-state index is 0.125. The summed E-state index contributed by atoms with van der Waals surface area (Å²) in [5.41, 5.74) is 11.3. The van der Waals surface area contributed by atoms with Crippen molar-refractivity contribution in [3.8, 4) is 5.75 Å². The molecule has 0 aliphatic rings. The number of primary amides is 1. The molecule has 0 saturated carbocycles. The second kappa shape index (κ2) is 7.58. The van der Waals surface area contributed by atoms with E-state index >= 15 is 0 Å². The summed E-state index contributed by atoms with van der Waals surface area (Å²) >= 11 is 4.85. The molecule has 0 radical (unpaired) electrons. The number of hydrogen-bond acceptors (Lipinski definition) is 4. The Kier molecular flexibility index (Phi) is 6.10. The molecule has 0 aliphatic carbocycles. The average molecular weight is 309 g/mol. The van der Waals surface area contributed by atoms with Crippen LogP contribution in [0.4, 0.5) is 0 Å². The predicted molar refractivity (Wildman–Crippen MR) is 83.9 cm³/mol. The van der Waals surface area contributed by atoms with Gasteiger partial charge in [-0.1, -0.05) is 12.2 Å². The number of ether oxygens (including phenoxy) is 1. The largest absolute Gasteiger partial charge is 0.484 e. The molecular weight excluding hydrogens is 290 g/mol. The lowest BCUT2D eigenvalue weighted by Crippen LogP contribution is -2.44. The van der Waals surface area contributed by atoms with Crippen LogP contribution in [0.15, 0.2) is 24.3 Å². The summed E-state index contributed by atoms with van der Waals surface area (Å²) in [7, 11) is 0. The van der Waals surface area contributed by atoms with Gasteiger partial charge in [-0.2, -0.15) is 0 Å². The number of thiocarbonyl (C=S) groups is 1. The summed E-state index contributed by atoms with van der Waals surface area (Å²) in [6.45, 7) is 3.31. The molecule has 2 amide bonds. The molecule has 0 bridgehead atoms. The molecule has 7 heteroatoms. The van der Waals surface area contributed by atoms with Gasteiger partial charge in [0, 0.05) is 11.6 Å². The second-order valence-corrected chi connectivity index (χ2v) is 5.20. The predicted octanol–water partition coefficient (Wildman–Crippen LogP) is 0.422. The molecule has 0 unspecified atom stereocenters. The lowest BCUT2D eigenvalue weighted by molar-refractivity contribution is -0.138. The van der Waals surface area contributed by atoms with Gasteiger partial charge in [0.05, 0.1) is 6.54 Å². The van der Waals surface area contributed by atoms with Gasteiger partial charge in [0.2, 0.25) is 5.91 Å². The summed E-state index contributed by atoms with van der Waals surface area (Å²) in [6.07, 6.45) is 0. The lowest BCUT2D eigenvalue weighted by atomic mass is 10.2. The topological polar surface area (TPSA) is 98.6 Å². The maximum absolute atomic E-state index is 12.0. The molecule has 4 N–H and O–H groups in total. The maximum Gasteiger partial charge on any atom is 0.261 e. The van der Waals surface area contributed by atoms with Crippen molar-refractivity contribution in [3.63, 3.8) is 0 Å². The molecule has 0 saturated heterocycles. The number of carbonyl (C=O) groups is 2. The first-order valence-electron chi connectivity index (χ1n) is 6.41. The molecule has 1 rings (SSSR count). The van der Waals surface area contributed by atoms with Crippen LogP contribution in [0.25, 0.3) is 0 Å². The maximum atomic E-state index is 12.0. The van der Waals surface area contributed by atoms with Gasteiger partial charge in [0.15, 0.2) is 6.61 Å². The van der Waals surface area contributed by atoms with E-state index in [-0.39, 0.29) is 25.1 Å². The zero-order valence-corrected chi connectivity index (χ0v) is 12.9. The van der Waals surface area contributed by atoms with Gasteiger partial charge in [0.25, 0.3) is 5.91 Å². The Morgan fingerprint density at radius 1 is 1.24 bits per heavy atom. The SMILES string of the molecule is CC(C)N(CC(N)=O)C(=O)COc1ccc(C(N)=S)cc1. The standard InChI is InChI=1S/C14H19N3O3S/c1-9(2)17(7-12(15)18)13(19)8-20-11-5-3-10(4-6-11)14(16)21/h3-6,9H,7-8H2,1-2H3,(H2,15,18)(H2,16,21). The Hall–Kier alpha value is -2.15. The highest BCUT2D eigenvalue weighted by molar-refractivity contribution is 7.80. The smallest absolute Gasteiger partial charge is 0.261 e. The van der Waals surface area contributed by atoms with Crippen molar-refractivity contribution in [2.24, 2.45) is 11.5 Å². The van der Waals surface area contributed by atoms with Crippen molar-refractivity contribution < 1.29 is 14.3 Å². The minimum atomic E-state index is -0.558. The number of rotatable bonds is 7. The van der Waals surface area contributed by atoms with Gasteiger partial charge in [-0.25, -0.2) is 0 Å². The van der Waals surface area contributed by atoms with Gasteiger partial charge in [-0.15, -0.1) is 0 Å². The molecule has 0 aliphatic heterocycles. The number of nitrogens with zero attached hydrogens (tertiary/aromatic N) is 1. The molecule has 6 nitrogen and oxygen atoms in total. The Bertz CT molecular complexity index is 529. The Balaban J connectivity index is 2.62. The highest BCUT2D eigenvalue weighted by atomic mass is 32.1.